The minimum absolute atomic E-state index is 0.0381. The lowest BCUT2D eigenvalue weighted by molar-refractivity contribution is 0.816. The van der Waals surface area contributed by atoms with E-state index < -0.39 is 0 Å². The largest absolute Gasteiger partial charge is 0.324 e. The van der Waals surface area contributed by atoms with E-state index in [-0.39, 0.29) is 10.8 Å². The Hall–Kier alpha value is -2.81. The van der Waals surface area contributed by atoms with Crippen molar-refractivity contribution in [2.45, 2.75) is 22.6 Å². The second-order valence-electron chi connectivity index (χ2n) is 7.24. The van der Waals surface area contributed by atoms with Crippen molar-refractivity contribution in [1.29, 1.82) is 0 Å². The maximum atomic E-state index is 6.06. The van der Waals surface area contributed by atoms with Gasteiger partial charge in [0.15, 0.2) is 0 Å². The van der Waals surface area contributed by atoms with Crippen LogP contribution in [-0.2, 0) is 4.75 Å². The molecule has 0 spiro atoms. The van der Waals surface area contributed by atoms with Crippen molar-refractivity contribution in [1.82, 2.24) is 0 Å². The van der Waals surface area contributed by atoms with Crippen LogP contribution in [0.3, 0.4) is 0 Å². The van der Waals surface area contributed by atoms with E-state index in [2.05, 4.69) is 115 Å². The first-order chi connectivity index (χ1) is 14.2. The van der Waals surface area contributed by atoms with E-state index in [1.807, 2.05) is 18.7 Å². The Kier molecular flexibility index (Phi) is 5.84. The lowest BCUT2D eigenvalue weighted by Gasteiger charge is -2.35. The standard InChI is InChI=1S/C27H25NS/c1-21(28)22-17-19-26(20-18-22)29-27(23-11-5-2-6-12-23,24-13-7-3-8-14-24)25-15-9-4-10-16-25/h2-21H,28H2,1H3/t21-/m0/s1. The van der Waals surface area contributed by atoms with E-state index in [0.717, 1.165) is 5.56 Å². The van der Waals surface area contributed by atoms with Gasteiger partial charge in [0, 0.05) is 10.9 Å². The third-order valence-corrected chi connectivity index (χ3v) is 6.74. The highest BCUT2D eigenvalue weighted by molar-refractivity contribution is 8.00. The predicted octanol–water partition coefficient (Wildman–Crippen LogP) is 6.79. The average Bonchev–Trinajstić information content (AvgIpc) is 2.79. The van der Waals surface area contributed by atoms with Crippen molar-refractivity contribution in [2.75, 3.05) is 0 Å². The number of benzene rings is 4. The molecule has 4 aromatic rings. The van der Waals surface area contributed by atoms with E-state index in [9.17, 15) is 0 Å². The molecule has 0 aliphatic rings. The number of hydrogen-bond acceptors (Lipinski definition) is 2. The highest BCUT2D eigenvalue weighted by Gasteiger charge is 2.37. The molecule has 0 saturated heterocycles. The normalized spacial score (nSPS) is 12.5. The molecule has 0 unspecified atom stereocenters. The molecule has 0 aliphatic heterocycles. The van der Waals surface area contributed by atoms with Gasteiger partial charge in [-0.25, -0.2) is 0 Å². The highest BCUT2D eigenvalue weighted by atomic mass is 32.2. The number of rotatable bonds is 6. The minimum Gasteiger partial charge on any atom is -0.324 e. The summed E-state index contributed by atoms with van der Waals surface area (Å²) >= 11 is 1.88. The van der Waals surface area contributed by atoms with Crippen LogP contribution in [0.15, 0.2) is 120 Å². The lowest BCUT2D eigenvalue weighted by Crippen LogP contribution is -2.25. The van der Waals surface area contributed by atoms with Gasteiger partial charge in [0.1, 0.15) is 0 Å². The first-order valence-corrected chi connectivity index (χ1v) is 10.7. The second kappa shape index (κ2) is 8.69. The fourth-order valence-corrected chi connectivity index (χ4v) is 5.10. The van der Waals surface area contributed by atoms with Gasteiger partial charge in [-0.2, -0.15) is 0 Å². The summed E-state index contributed by atoms with van der Waals surface area (Å²) in [6, 6.07) is 41.0. The lowest BCUT2D eigenvalue weighted by atomic mass is 9.84. The summed E-state index contributed by atoms with van der Waals surface area (Å²) in [7, 11) is 0. The molecular formula is C27H25NS. The van der Waals surface area contributed by atoms with Crippen molar-refractivity contribution in [3.8, 4) is 0 Å². The maximum Gasteiger partial charge on any atom is 0.0954 e. The molecule has 0 amide bonds. The molecule has 0 aliphatic carbocycles. The average molecular weight is 396 g/mol. The molecule has 0 saturated carbocycles. The van der Waals surface area contributed by atoms with E-state index in [1.165, 1.54) is 21.6 Å². The molecule has 0 fully saturated rings. The van der Waals surface area contributed by atoms with Crippen molar-refractivity contribution in [2.24, 2.45) is 5.73 Å². The van der Waals surface area contributed by atoms with Crippen LogP contribution in [0.2, 0.25) is 0 Å². The van der Waals surface area contributed by atoms with Crippen molar-refractivity contribution < 1.29 is 0 Å². The van der Waals surface area contributed by atoms with Crippen LogP contribution in [0.5, 0.6) is 0 Å². The van der Waals surface area contributed by atoms with Crippen LogP contribution >= 0.6 is 11.8 Å². The summed E-state index contributed by atoms with van der Waals surface area (Å²) in [6.07, 6.45) is 0. The Morgan fingerprint density at radius 3 is 1.31 bits per heavy atom. The molecule has 2 heteroatoms. The van der Waals surface area contributed by atoms with Gasteiger partial charge in [0.25, 0.3) is 0 Å². The fourth-order valence-electron chi connectivity index (χ4n) is 3.71. The van der Waals surface area contributed by atoms with E-state index in [1.54, 1.807) is 0 Å². The Bertz CT molecular complexity index is 929. The summed E-state index contributed by atoms with van der Waals surface area (Å²) in [6.45, 7) is 2.02. The Balaban J connectivity index is 1.92. The zero-order chi connectivity index (χ0) is 20.1. The molecule has 4 rings (SSSR count). The topological polar surface area (TPSA) is 26.0 Å². The van der Waals surface area contributed by atoms with Crippen LogP contribution in [-0.4, -0.2) is 0 Å². The molecule has 29 heavy (non-hydrogen) atoms. The van der Waals surface area contributed by atoms with Crippen LogP contribution in [0.25, 0.3) is 0 Å². The molecule has 144 valence electrons. The summed E-state index contributed by atoms with van der Waals surface area (Å²) in [5, 5.41) is 0. The smallest absolute Gasteiger partial charge is 0.0954 e. The number of thioether (sulfide) groups is 1. The molecule has 0 radical (unpaired) electrons. The van der Waals surface area contributed by atoms with Crippen LogP contribution in [0.4, 0.5) is 0 Å². The monoisotopic (exact) mass is 395 g/mol. The number of nitrogens with two attached hydrogens (primary N) is 1. The zero-order valence-corrected chi connectivity index (χ0v) is 17.3. The van der Waals surface area contributed by atoms with Gasteiger partial charge in [-0.15, -0.1) is 11.8 Å². The molecule has 1 atom stereocenters. The molecule has 4 aromatic carbocycles. The quantitative estimate of drug-likeness (QED) is 0.287. The summed E-state index contributed by atoms with van der Waals surface area (Å²) in [5.41, 5.74) is 11.0. The summed E-state index contributed by atoms with van der Waals surface area (Å²) < 4.78 is -0.348. The second-order valence-corrected chi connectivity index (χ2v) is 8.53. The van der Waals surface area contributed by atoms with Crippen LogP contribution in [0, 0.1) is 0 Å². The highest BCUT2D eigenvalue weighted by Crippen LogP contribution is 2.51. The van der Waals surface area contributed by atoms with Crippen molar-refractivity contribution in [3.63, 3.8) is 0 Å². The van der Waals surface area contributed by atoms with Gasteiger partial charge in [-0.1, -0.05) is 103 Å². The Morgan fingerprint density at radius 2 is 0.966 bits per heavy atom. The minimum atomic E-state index is -0.348. The van der Waals surface area contributed by atoms with Gasteiger partial charge in [-0.3, -0.25) is 0 Å². The zero-order valence-electron chi connectivity index (χ0n) is 16.5. The summed E-state index contributed by atoms with van der Waals surface area (Å²) in [4.78, 5) is 1.21. The van der Waals surface area contributed by atoms with E-state index >= 15 is 0 Å². The Labute approximate surface area is 177 Å². The fraction of sp³-hybridized carbons (Fsp3) is 0.111. The maximum absolute atomic E-state index is 6.06. The van der Waals surface area contributed by atoms with Crippen molar-refractivity contribution in [3.05, 3.63) is 138 Å². The van der Waals surface area contributed by atoms with Crippen LogP contribution in [0.1, 0.15) is 35.2 Å². The van der Waals surface area contributed by atoms with Gasteiger partial charge in [-0.05, 0) is 41.3 Å². The number of hydrogen-bond donors (Lipinski definition) is 1. The predicted molar refractivity (Wildman–Crippen MR) is 124 cm³/mol. The van der Waals surface area contributed by atoms with Gasteiger partial charge in [0.2, 0.25) is 0 Å². The summed E-state index contributed by atoms with van der Waals surface area (Å²) in [5.74, 6) is 0. The molecule has 0 bridgehead atoms. The first-order valence-electron chi connectivity index (χ1n) is 9.91. The van der Waals surface area contributed by atoms with Crippen molar-refractivity contribution >= 4 is 11.8 Å². The molecule has 2 N–H and O–H groups in total. The first kappa shape index (κ1) is 19.5. The molecule has 0 aromatic heterocycles. The molecule has 1 nitrogen and oxygen atoms in total. The van der Waals surface area contributed by atoms with Crippen LogP contribution < -0.4 is 5.73 Å². The SMILES string of the molecule is C[C@H](N)c1ccc(SC(c2ccccc2)(c2ccccc2)c2ccccc2)cc1. The van der Waals surface area contributed by atoms with E-state index in [0.29, 0.717) is 0 Å². The molecular weight excluding hydrogens is 370 g/mol. The van der Waals surface area contributed by atoms with E-state index in [4.69, 9.17) is 5.73 Å². The Morgan fingerprint density at radius 1 is 0.586 bits per heavy atom. The molecule has 0 heterocycles. The third-order valence-electron chi connectivity index (χ3n) is 5.22. The van der Waals surface area contributed by atoms with Gasteiger partial charge >= 0.3 is 0 Å². The van der Waals surface area contributed by atoms with Gasteiger partial charge in [0.05, 0.1) is 4.75 Å². The third kappa shape index (κ3) is 4.00. The van der Waals surface area contributed by atoms with Gasteiger partial charge < -0.3 is 5.73 Å².